The minimum absolute atomic E-state index is 0.125. The van der Waals surface area contributed by atoms with Crippen LogP contribution in [0.15, 0.2) is 97.1 Å². The van der Waals surface area contributed by atoms with Gasteiger partial charge in [0, 0.05) is 75.7 Å². The number of carbonyl (C=O) groups excluding carboxylic acids is 3. The van der Waals surface area contributed by atoms with Crippen LogP contribution in [0, 0.1) is 5.92 Å². The molecule has 4 aromatic rings. The number of piperidine rings is 2. The summed E-state index contributed by atoms with van der Waals surface area (Å²) < 4.78 is 0. The second kappa shape index (κ2) is 14.7. The molecule has 9 heteroatoms. The van der Waals surface area contributed by atoms with E-state index in [0.29, 0.717) is 24.4 Å². The second-order valence-electron chi connectivity index (χ2n) is 14.5. The van der Waals surface area contributed by atoms with Crippen molar-refractivity contribution in [3.63, 3.8) is 0 Å². The minimum atomic E-state index is -0.588. The summed E-state index contributed by atoms with van der Waals surface area (Å²) in [4.78, 5) is 46.3. The highest BCUT2D eigenvalue weighted by Gasteiger charge is 2.39. The van der Waals surface area contributed by atoms with Crippen LogP contribution in [-0.4, -0.2) is 84.5 Å². The molecule has 0 radical (unpaired) electrons. The quantitative estimate of drug-likeness (QED) is 0.178. The smallest absolute Gasteiger partial charge is 0.255 e. The molecule has 1 atom stereocenters. The summed E-state index contributed by atoms with van der Waals surface area (Å²) in [6.07, 6.45) is 5.20. The van der Waals surface area contributed by atoms with Gasteiger partial charge in [-0.3, -0.25) is 24.6 Å². The SMILES string of the molecule is O=C1CC[C@H](N2Cc3cc(N4CCN(CC5CCN(c6ccc(/C(=C\c7ccccc7)c7ccc(O)cc7)cc6)CC5)CC4)ccc3C2=O)C(=O)N1. The summed E-state index contributed by atoms with van der Waals surface area (Å²) in [7, 11) is 0. The van der Waals surface area contributed by atoms with Gasteiger partial charge < -0.3 is 19.8 Å². The number of phenols is 1. The first kappa shape index (κ1) is 33.7. The lowest BCUT2D eigenvalue weighted by Gasteiger charge is -2.40. The Morgan fingerprint density at radius 1 is 0.731 bits per heavy atom. The number of fused-ring (bicyclic) bond motifs is 1. The zero-order valence-corrected chi connectivity index (χ0v) is 29.4. The molecule has 3 fully saturated rings. The van der Waals surface area contributed by atoms with Crippen LogP contribution in [0.2, 0.25) is 0 Å². The molecule has 266 valence electrons. The lowest BCUT2D eigenvalue weighted by Crippen LogP contribution is -2.52. The number of phenolic OH excluding ortho intramolecular Hbond substituents is 1. The van der Waals surface area contributed by atoms with Crippen molar-refractivity contribution >= 4 is 40.7 Å². The van der Waals surface area contributed by atoms with Crippen molar-refractivity contribution in [1.82, 2.24) is 15.1 Å². The molecular formula is C43H45N5O4. The van der Waals surface area contributed by atoms with E-state index in [4.69, 9.17) is 0 Å². The zero-order chi connectivity index (χ0) is 35.6. The molecule has 52 heavy (non-hydrogen) atoms. The third-order valence-corrected chi connectivity index (χ3v) is 11.2. The molecule has 0 bridgehead atoms. The number of carbonyl (C=O) groups is 3. The number of anilines is 2. The van der Waals surface area contributed by atoms with Crippen molar-refractivity contribution in [2.75, 3.05) is 55.6 Å². The fourth-order valence-electron chi connectivity index (χ4n) is 8.23. The molecule has 4 aliphatic rings. The number of hydrogen-bond acceptors (Lipinski definition) is 7. The maximum atomic E-state index is 13.1. The lowest BCUT2D eigenvalue weighted by molar-refractivity contribution is -0.136. The summed E-state index contributed by atoms with van der Waals surface area (Å²) in [6, 6.07) is 32.2. The molecule has 2 N–H and O–H groups in total. The van der Waals surface area contributed by atoms with Gasteiger partial charge in [0.05, 0.1) is 0 Å². The van der Waals surface area contributed by atoms with Crippen LogP contribution in [0.25, 0.3) is 11.6 Å². The number of nitrogens with one attached hydrogen (secondary N) is 1. The number of nitrogens with zero attached hydrogens (tertiary/aromatic N) is 4. The van der Waals surface area contributed by atoms with Gasteiger partial charge in [0.15, 0.2) is 0 Å². The van der Waals surface area contributed by atoms with Gasteiger partial charge in [0.2, 0.25) is 11.8 Å². The fraction of sp³-hybridized carbons (Fsp3) is 0.326. The summed E-state index contributed by atoms with van der Waals surface area (Å²) in [5.74, 6) is 0.179. The molecule has 0 unspecified atom stereocenters. The average Bonchev–Trinajstić information content (AvgIpc) is 3.50. The first-order valence-corrected chi connectivity index (χ1v) is 18.5. The molecule has 0 spiro atoms. The molecule has 3 amide bonds. The Morgan fingerprint density at radius 3 is 2.08 bits per heavy atom. The summed E-state index contributed by atoms with van der Waals surface area (Å²) in [5, 5.41) is 12.3. The van der Waals surface area contributed by atoms with Gasteiger partial charge in [-0.2, -0.15) is 0 Å². The zero-order valence-electron chi connectivity index (χ0n) is 29.4. The Morgan fingerprint density at radius 2 is 1.38 bits per heavy atom. The molecule has 4 aromatic carbocycles. The molecule has 0 aromatic heterocycles. The van der Waals surface area contributed by atoms with Crippen LogP contribution in [0.4, 0.5) is 11.4 Å². The van der Waals surface area contributed by atoms with E-state index in [0.717, 1.165) is 79.3 Å². The molecule has 0 aliphatic carbocycles. The van der Waals surface area contributed by atoms with E-state index < -0.39 is 6.04 Å². The fourth-order valence-corrected chi connectivity index (χ4v) is 8.23. The largest absolute Gasteiger partial charge is 0.508 e. The van der Waals surface area contributed by atoms with Crippen LogP contribution in [0.5, 0.6) is 5.75 Å². The maximum absolute atomic E-state index is 13.1. The van der Waals surface area contributed by atoms with E-state index in [9.17, 15) is 19.5 Å². The number of benzene rings is 4. The predicted octanol–water partition coefficient (Wildman–Crippen LogP) is 5.78. The van der Waals surface area contributed by atoms with Gasteiger partial charge in [-0.15, -0.1) is 0 Å². The van der Waals surface area contributed by atoms with Crippen molar-refractivity contribution < 1.29 is 19.5 Å². The summed E-state index contributed by atoms with van der Waals surface area (Å²) in [5.41, 5.74) is 8.48. The van der Waals surface area contributed by atoms with E-state index in [1.54, 1.807) is 17.0 Å². The van der Waals surface area contributed by atoms with Crippen molar-refractivity contribution in [2.24, 2.45) is 5.92 Å². The van der Waals surface area contributed by atoms with Crippen LogP contribution in [0.3, 0.4) is 0 Å². The van der Waals surface area contributed by atoms with Gasteiger partial charge in [-0.05, 0) is 102 Å². The Kier molecular flexibility index (Phi) is 9.52. The number of hydrogen-bond donors (Lipinski definition) is 2. The van der Waals surface area contributed by atoms with Gasteiger partial charge in [-0.1, -0.05) is 54.6 Å². The third-order valence-electron chi connectivity index (χ3n) is 11.2. The van der Waals surface area contributed by atoms with Crippen LogP contribution >= 0.6 is 0 Å². The normalized spacial score (nSPS) is 20.3. The molecule has 0 saturated carbocycles. The summed E-state index contributed by atoms with van der Waals surface area (Å²) >= 11 is 0. The van der Waals surface area contributed by atoms with Gasteiger partial charge in [-0.25, -0.2) is 0 Å². The number of aromatic hydroxyl groups is 1. The van der Waals surface area contributed by atoms with Gasteiger partial charge in [0.1, 0.15) is 11.8 Å². The van der Waals surface area contributed by atoms with E-state index in [2.05, 4.69) is 80.7 Å². The first-order valence-electron chi connectivity index (χ1n) is 18.5. The van der Waals surface area contributed by atoms with Crippen molar-refractivity contribution in [3.05, 3.63) is 125 Å². The van der Waals surface area contributed by atoms with Gasteiger partial charge in [0.25, 0.3) is 5.91 Å². The Bertz CT molecular complexity index is 1960. The van der Waals surface area contributed by atoms with E-state index in [-0.39, 0.29) is 29.9 Å². The average molecular weight is 696 g/mol. The third kappa shape index (κ3) is 7.19. The number of imide groups is 1. The number of piperazine rings is 1. The summed E-state index contributed by atoms with van der Waals surface area (Å²) in [6.45, 7) is 7.56. The molecule has 9 nitrogen and oxygen atoms in total. The molecule has 3 saturated heterocycles. The Balaban J connectivity index is 0.832. The number of rotatable bonds is 8. The first-order chi connectivity index (χ1) is 25.4. The van der Waals surface area contributed by atoms with Crippen LogP contribution in [0.1, 0.15) is 58.3 Å². The van der Waals surface area contributed by atoms with Crippen LogP contribution in [-0.2, 0) is 16.1 Å². The Labute approximate surface area is 305 Å². The van der Waals surface area contributed by atoms with Gasteiger partial charge >= 0.3 is 0 Å². The van der Waals surface area contributed by atoms with E-state index in [1.807, 2.05) is 30.3 Å². The minimum Gasteiger partial charge on any atom is -0.508 e. The Hall–Kier alpha value is -5.41. The van der Waals surface area contributed by atoms with E-state index in [1.165, 1.54) is 18.5 Å². The highest BCUT2D eigenvalue weighted by Crippen LogP contribution is 2.33. The standard InChI is InChI=1S/C43H45N5O4/c49-37-13-8-33(9-14-37)39(26-30-4-2-1-3-5-30)32-6-10-35(11-7-32)46-20-18-31(19-21-46)28-45-22-24-47(25-23-45)36-12-15-38-34(27-36)29-48(43(38)52)40-16-17-41(50)44-42(40)51/h1-15,26-27,31,40,49H,16-25,28-29H2,(H,44,50,51)/b39-26+/t40-/m0/s1. The monoisotopic (exact) mass is 695 g/mol. The van der Waals surface area contributed by atoms with Crippen molar-refractivity contribution in [1.29, 1.82) is 0 Å². The molecule has 4 aliphatic heterocycles. The molecular weight excluding hydrogens is 651 g/mol. The van der Waals surface area contributed by atoms with E-state index >= 15 is 0 Å². The van der Waals surface area contributed by atoms with Crippen LogP contribution < -0.4 is 15.1 Å². The highest BCUT2D eigenvalue weighted by molar-refractivity contribution is 6.05. The topological polar surface area (TPSA) is 96.4 Å². The molecule has 8 rings (SSSR count). The highest BCUT2D eigenvalue weighted by atomic mass is 16.3. The number of amides is 3. The second-order valence-corrected chi connectivity index (χ2v) is 14.5. The lowest BCUT2D eigenvalue weighted by atomic mass is 9.94. The predicted molar refractivity (Wildman–Crippen MR) is 204 cm³/mol. The molecule has 4 heterocycles. The van der Waals surface area contributed by atoms with Crippen molar-refractivity contribution in [3.8, 4) is 5.75 Å². The maximum Gasteiger partial charge on any atom is 0.255 e. The van der Waals surface area contributed by atoms with Crippen molar-refractivity contribution in [2.45, 2.75) is 38.3 Å².